The number of rotatable bonds is 5. The molecule has 0 aliphatic rings. The van der Waals surface area contributed by atoms with Gasteiger partial charge in [-0.15, -0.1) is 0 Å². The van der Waals surface area contributed by atoms with Crippen LogP contribution >= 0.6 is 0 Å². The molecule has 1 amide bonds. The van der Waals surface area contributed by atoms with Crippen molar-refractivity contribution >= 4 is 18.1 Å². The molecule has 1 aromatic carbocycles. The van der Waals surface area contributed by atoms with Gasteiger partial charge in [-0.1, -0.05) is 0 Å². The highest BCUT2D eigenvalue weighted by molar-refractivity contribution is 5.87. The number of amides is 1. The monoisotopic (exact) mass is 295 g/mol. The van der Waals surface area contributed by atoms with Crippen LogP contribution in [0.15, 0.2) is 24.3 Å². The van der Waals surface area contributed by atoms with E-state index in [9.17, 15) is 14.0 Å². The van der Waals surface area contributed by atoms with E-state index in [2.05, 4.69) is 4.74 Å². The van der Waals surface area contributed by atoms with E-state index in [0.29, 0.717) is 13.1 Å². The Hall–Kier alpha value is -2.37. The quantitative estimate of drug-likeness (QED) is 0.619. The number of nitrogens with zero attached hydrogens (tertiary/aromatic N) is 1. The fraction of sp³-hybridized carbons (Fsp3) is 0.333. The Morgan fingerprint density at radius 2 is 1.95 bits per heavy atom. The summed E-state index contributed by atoms with van der Waals surface area (Å²) in [4.78, 5) is 24.5. The SMILES string of the molecule is CCN(CC)C(=O)Oc1ccc(F)cc1/C=C/C(=O)OC. The van der Waals surface area contributed by atoms with E-state index in [1.165, 1.54) is 36.3 Å². The van der Waals surface area contributed by atoms with E-state index in [0.717, 1.165) is 6.08 Å². The zero-order valence-electron chi connectivity index (χ0n) is 12.3. The zero-order valence-corrected chi connectivity index (χ0v) is 12.3. The van der Waals surface area contributed by atoms with Crippen molar-refractivity contribution in [3.05, 3.63) is 35.7 Å². The van der Waals surface area contributed by atoms with Gasteiger partial charge in [0, 0.05) is 24.7 Å². The fourth-order valence-corrected chi connectivity index (χ4v) is 1.61. The fourth-order valence-electron chi connectivity index (χ4n) is 1.61. The minimum Gasteiger partial charge on any atom is -0.466 e. The summed E-state index contributed by atoms with van der Waals surface area (Å²) in [6, 6.07) is 3.69. The van der Waals surface area contributed by atoms with E-state index in [-0.39, 0.29) is 11.3 Å². The van der Waals surface area contributed by atoms with Gasteiger partial charge < -0.3 is 14.4 Å². The predicted octanol–water partition coefficient (Wildman–Crippen LogP) is 2.85. The summed E-state index contributed by atoms with van der Waals surface area (Å²) in [6.45, 7) is 4.66. The molecule has 0 unspecified atom stereocenters. The molecule has 0 saturated carbocycles. The Morgan fingerprint density at radius 3 is 2.52 bits per heavy atom. The van der Waals surface area contributed by atoms with Gasteiger partial charge in [0.25, 0.3) is 0 Å². The molecule has 0 aromatic heterocycles. The third kappa shape index (κ3) is 4.91. The van der Waals surface area contributed by atoms with Crippen molar-refractivity contribution in [2.75, 3.05) is 20.2 Å². The van der Waals surface area contributed by atoms with Gasteiger partial charge in [0.05, 0.1) is 7.11 Å². The zero-order chi connectivity index (χ0) is 15.8. The number of ether oxygens (including phenoxy) is 2. The minimum absolute atomic E-state index is 0.174. The average molecular weight is 295 g/mol. The standard InChI is InChI=1S/C15H18FNO4/c1-4-17(5-2)15(19)21-13-8-7-12(16)10-11(13)6-9-14(18)20-3/h6-10H,4-5H2,1-3H3/b9-6+. The normalized spacial score (nSPS) is 10.5. The van der Waals surface area contributed by atoms with Crippen LogP contribution in [0, 0.1) is 5.82 Å². The van der Waals surface area contributed by atoms with Crippen molar-refractivity contribution in [3.8, 4) is 5.75 Å². The predicted molar refractivity (Wildman–Crippen MR) is 76.4 cm³/mol. The second kappa shape index (κ2) is 8.04. The number of carbonyl (C=O) groups is 2. The molecule has 6 heteroatoms. The van der Waals surface area contributed by atoms with E-state index in [1.807, 2.05) is 13.8 Å². The van der Waals surface area contributed by atoms with Crippen molar-refractivity contribution in [1.82, 2.24) is 4.90 Å². The maximum Gasteiger partial charge on any atom is 0.415 e. The molecule has 0 fully saturated rings. The summed E-state index contributed by atoms with van der Waals surface area (Å²) >= 11 is 0. The Labute approximate surface area is 123 Å². The Balaban J connectivity index is 2.99. The topological polar surface area (TPSA) is 55.8 Å². The molecule has 0 saturated heterocycles. The van der Waals surface area contributed by atoms with Crippen LogP contribution in [-0.2, 0) is 9.53 Å². The van der Waals surface area contributed by atoms with Crippen LogP contribution < -0.4 is 4.74 Å². The third-order valence-corrected chi connectivity index (χ3v) is 2.79. The first-order valence-corrected chi connectivity index (χ1v) is 6.54. The Bertz CT molecular complexity index is 538. The summed E-state index contributed by atoms with van der Waals surface area (Å²) in [6.07, 6.45) is 1.93. The van der Waals surface area contributed by atoms with Crippen LogP contribution in [0.5, 0.6) is 5.75 Å². The van der Waals surface area contributed by atoms with Gasteiger partial charge in [-0.25, -0.2) is 14.0 Å². The van der Waals surface area contributed by atoms with Gasteiger partial charge in [-0.2, -0.15) is 0 Å². The lowest BCUT2D eigenvalue weighted by Crippen LogP contribution is -2.33. The second-order valence-corrected chi connectivity index (χ2v) is 4.08. The first-order chi connectivity index (χ1) is 10.0. The number of hydrogen-bond acceptors (Lipinski definition) is 4. The van der Waals surface area contributed by atoms with Gasteiger partial charge in [0.1, 0.15) is 11.6 Å². The largest absolute Gasteiger partial charge is 0.466 e. The average Bonchev–Trinajstić information content (AvgIpc) is 2.48. The van der Waals surface area contributed by atoms with Crippen LogP contribution in [-0.4, -0.2) is 37.2 Å². The number of benzene rings is 1. The van der Waals surface area contributed by atoms with Gasteiger partial charge in [0.15, 0.2) is 0 Å². The van der Waals surface area contributed by atoms with Crippen molar-refractivity contribution in [3.63, 3.8) is 0 Å². The molecule has 0 atom stereocenters. The summed E-state index contributed by atoms with van der Waals surface area (Å²) in [5.74, 6) is -0.907. The number of halogens is 1. The van der Waals surface area contributed by atoms with Crippen LogP contribution in [0.25, 0.3) is 6.08 Å². The van der Waals surface area contributed by atoms with E-state index >= 15 is 0 Å². The van der Waals surface area contributed by atoms with Crippen LogP contribution in [0.2, 0.25) is 0 Å². The summed E-state index contributed by atoms with van der Waals surface area (Å²) in [5.41, 5.74) is 0.279. The molecule has 0 bridgehead atoms. The summed E-state index contributed by atoms with van der Waals surface area (Å²) < 4.78 is 23.0. The Morgan fingerprint density at radius 1 is 1.29 bits per heavy atom. The molecule has 21 heavy (non-hydrogen) atoms. The summed E-state index contributed by atoms with van der Waals surface area (Å²) in [7, 11) is 1.24. The van der Waals surface area contributed by atoms with Crippen LogP contribution in [0.1, 0.15) is 19.4 Å². The molecule has 1 aromatic rings. The van der Waals surface area contributed by atoms with Gasteiger partial charge >= 0.3 is 12.1 Å². The van der Waals surface area contributed by atoms with Crippen molar-refractivity contribution in [2.45, 2.75) is 13.8 Å². The molecule has 0 spiro atoms. The van der Waals surface area contributed by atoms with Crippen LogP contribution in [0.4, 0.5) is 9.18 Å². The molecule has 0 N–H and O–H groups in total. The number of esters is 1. The molecule has 0 heterocycles. The van der Waals surface area contributed by atoms with Gasteiger partial charge in [-0.3, -0.25) is 0 Å². The highest BCUT2D eigenvalue weighted by Crippen LogP contribution is 2.22. The molecule has 0 radical (unpaired) electrons. The Kier molecular flexibility index (Phi) is 6.39. The lowest BCUT2D eigenvalue weighted by atomic mass is 10.2. The molecular weight excluding hydrogens is 277 g/mol. The van der Waals surface area contributed by atoms with E-state index < -0.39 is 17.9 Å². The van der Waals surface area contributed by atoms with Crippen molar-refractivity contribution in [1.29, 1.82) is 0 Å². The first-order valence-electron chi connectivity index (χ1n) is 6.54. The highest BCUT2D eigenvalue weighted by Gasteiger charge is 2.14. The minimum atomic E-state index is -0.583. The third-order valence-electron chi connectivity index (χ3n) is 2.79. The lowest BCUT2D eigenvalue weighted by Gasteiger charge is -2.18. The van der Waals surface area contributed by atoms with Crippen molar-refractivity contribution in [2.24, 2.45) is 0 Å². The second-order valence-electron chi connectivity index (χ2n) is 4.08. The smallest absolute Gasteiger partial charge is 0.415 e. The first kappa shape index (κ1) is 16.7. The van der Waals surface area contributed by atoms with E-state index in [1.54, 1.807) is 0 Å². The van der Waals surface area contributed by atoms with Crippen molar-refractivity contribution < 1.29 is 23.5 Å². The maximum absolute atomic E-state index is 13.3. The molecular formula is C15H18FNO4. The van der Waals surface area contributed by atoms with Gasteiger partial charge in [0.2, 0.25) is 0 Å². The van der Waals surface area contributed by atoms with Crippen LogP contribution in [0.3, 0.4) is 0 Å². The van der Waals surface area contributed by atoms with Gasteiger partial charge in [-0.05, 0) is 38.1 Å². The number of carbonyl (C=O) groups excluding carboxylic acids is 2. The molecule has 1 rings (SSSR count). The maximum atomic E-state index is 13.3. The highest BCUT2D eigenvalue weighted by atomic mass is 19.1. The summed E-state index contributed by atoms with van der Waals surface area (Å²) in [5, 5.41) is 0. The lowest BCUT2D eigenvalue weighted by molar-refractivity contribution is -0.134. The number of hydrogen-bond donors (Lipinski definition) is 0. The number of methoxy groups -OCH3 is 1. The molecule has 114 valence electrons. The molecule has 5 nitrogen and oxygen atoms in total. The molecule has 0 aliphatic heterocycles. The van der Waals surface area contributed by atoms with E-state index in [4.69, 9.17) is 4.74 Å². The molecule has 0 aliphatic carbocycles.